The Morgan fingerprint density at radius 1 is 0.208 bits per heavy atom. The van der Waals surface area contributed by atoms with Gasteiger partial charge in [0.25, 0.3) is 0 Å². The smallest absolute Gasteiger partial charge is 0.164 e. The number of nitrogens with zero attached hydrogens (tertiary/aromatic N) is 3. The lowest BCUT2D eigenvalue weighted by Gasteiger charge is -2.15. The number of hydrogen-bond acceptors (Lipinski definition) is 3. The van der Waals surface area contributed by atoms with Crippen LogP contribution in [0.2, 0.25) is 0 Å². The number of rotatable bonds is 7. The van der Waals surface area contributed by atoms with E-state index in [1.54, 1.807) is 0 Å². The number of benzene rings is 7. The van der Waals surface area contributed by atoms with Crippen molar-refractivity contribution in [2.45, 2.75) is 0 Å². The minimum absolute atomic E-state index is 0.634. The first kappa shape index (κ1) is 29.0. The summed E-state index contributed by atoms with van der Waals surface area (Å²) < 4.78 is 0. The van der Waals surface area contributed by atoms with Gasteiger partial charge >= 0.3 is 0 Å². The fourth-order valence-corrected chi connectivity index (χ4v) is 6.18. The summed E-state index contributed by atoms with van der Waals surface area (Å²) in [6.45, 7) is 0. The quantitative estimate of drug-likeness (QED) is 0.179. The van der Waals surface area contributed by atoms with Crippen molar-refractivity contribution in [2.75, 3.05) is 0 Å². The summed E-state index contributed by atoms with van der Waals surface area (Å²) in [5.74, 6) is 1.92. The van der Waals surface area contributed by atoms with Crippen LogP contribution in [0.5, 0.6) is 0 Å². The Morgan fingerprint density at radius 2 is 0.542 bits per heavy atom. The highest BCUT2D eigenvalue weighted by molar-refractivity contribution is 5.92. The molecule has 0 unspecified atom stereocenters. The lowest BCUT2D eigenvalue weighted by molar-refractivity contribution is 1.07. The molecule has 3 nitrogen and oxygen atoms in total. The summed E-state index contributed by atoms with van der Waals surface area (Å²) in [6, 6.07) is 65.2. The predicted molar refractivity (Wildman–Crippen MR) is 198 cm³/mol. The second kappa shape index (κ2) is 13.1. The number of aromatic nitrogens is 3. The van der Waals surface area contributed by atoms with Crippen molar-refractivity contribution >= 4 is 0 Å². The van der Waals surface area contributed by atoms with E-state index in [9.17, 15) is 0 Å². The molecule has 0 aliphatic carbocycles. The Hall–Kier alpha value is -6.45. The molecule has 8 aromatic rings. The lowest BCUT2D eigenvalue weighted by Crippen LogP contribution is -2.00. The fourth-order valence-electron chi connectivity index (χ4n) is 6.18. The van der Waals surface area contributed by atoms with Crippen LogP contribution >= 0.6 is 0 Å². The summed E-state index contributed by atoms with van der Waals surface area (Å²) in [7, 11) is 0. The number of hydrogen-bond donors (Lipinski definition) is 0. The summed E-state index contributed by atoms with van der Waals surface area (Å²) in [5.41, 5.74) is 12.2. The lowest BCUT2D eigenvalue weighted by atomic mass is 9.89. The van der Waals surface area contributed by atoms with Gasteiger partial charge in [-0.25, -0.2) is 15.0 Å². The highest BCUT2D eigenvalue weighted by Crippen LogP contribution is 2.39. The van der Waals surface area contributed by atoms with Gasteiger partial charge in [-0.1, -0.05) is 182 Å². The van der Waals surface area contributed by atoms with Gasteiger partial charge < -0.3 is 0 Å². The molecule has 0 aliphatic heterocycles. The van der Waals surface area contributed by atoms with Gasteiger partial charge in [-0.15, -0.1) is 0 Å². The zero-order chi connectivity index (χ0) is 32.1. The average molecular weight is 614 g/mol. The zero-order valence-electron chi connectivity index (χ0n) is 26.2. The highest BCUT2D eigenvalue weighted by Gasteiger charge is 2.16. The molecule has 1 heterocycles. The van der Waals surface area contributed by atoms with Crippen LogP contribution in [0.15, 0.2) is 188 Å². The molecule has 0 saturated carbocycles. The first-order chi connectivity index (χ1) is 23.8. The van der Waals surface area contributed by atoms with E-state index in [2.05, 4.69) is 152 Å². The maximum absolute atomic E-state index is 5.05. The van der Waals surface area contributed by atoms with Crippen LogP contribution in [-0.2, 0) is 0 Å². The topological polar surface area (TPSA) is 38.7 Å². The first-order valence-electron chi connectivity index (χ1n) is 16.1. The van der Waals surface area contributed by atoms with Crippen molar-refractivity contribution in [3.63, 3.8) is 0 Å². The van der Waals surface area contributed by atoms with Crippen LogP contribution in [-0.4, -0.2) is 15.0 Å². The Morgan fingerprint density at radius 3 is 1.10 bits per heavy atom. The van der Waals surface area contributed by atoms with E-state index in [1.807, 2.05) is 36.4 Å². The Labute approximate surface area is 280 Å². The normalized spacial score (nSPS) is 10.9. The van der Waals surface area contributed by atoms with Gasteiger partial charge in [0.05, 0.1) is 0 Å². The molecule has 3 heteroatoms. The molecule has 7 aromatic carbocycles. The summed E-state index contributed by atoms with van der Waals surface area (Å²) in [6.07, 6.45) is 0. The summed E-state index contributed by atoms with van der Waals surface area (Å²) in [5, 5.41) is 0. The minimum Gasteiger partial charge on any atom is -0.208 e. The second-order valence-corrected chi connectivity index (χ2v) is 11.7. The van der Waals surface area contributed by atoms with Gasteiger partial charge in [-0.2, -0.15) is 0 Å². The fraction of sp³-hybridized carbons (Fsp3) is 0. The molecule has 1 aromatic heterocycles. The van der Waals surface area contributed by atoms with Crippen LogP contribution < -0.4 is 0 Å². The molecule has 0 amide bonds. The molecule has 0 fully saturated rings. The van der Waals surface area contributed by atoms with Crippen molar-refractivity contribution in [1.82, 2.24) is 15.0 Å². The molecule has 0 saturated heterocycles. The van der Waals surface area contributed by atoms with Crippen LogP contribution in [0.3, 0.4) is 0 Å². The van der Waals surface area contributed by atoms with E-state index < -0.39 is 0 Å². The molecule has 0 aliphatic rings. The van der Waals surface area contributed by atoms with E-state index in [-0.39, 0.29) is 0 Å². The van der Waals surface area contributed by atoms with Gasteiger partial charge in [-0.3, -0.25) is 0 Å². The summed E-state index contributed by atoms with van der Waals surface area (Å²) >= 11 is 0. The second-order valence-electron chi connectivity index (χ2n) is 11.7. The van der Waals surface area contributed by atoms with Crippen LogP contribution in [0.4, 0.5) is 0 Å². The molecule has 8 rings (SSSR count). The zero-order valence-corrected chi connectivity index (χ0v) is 26.2. The molecule has 0 atom stereocenters. The molecule has 226 valence electrons. The van der Waals surface area contributed by atoms with Crippen molar-refractivity contribution < 1.29 is 0 Å². The average Bonchev–Trinajstić information content (AvgIpc) is 3.19. The SMILES string of the molecule is c1ccc(-c2ccc(-c3nc(-c4ccccc4)nc(-c4cccc(-c5ccccc5-c5ccccc5-c5ccccc5)c4)n3)cc2)cc1. The van der Waals surface area contributed by atoms with E-state index >= 15 is 0 Å². The van der Waals surface area contributed by atoms with Gasteiger partial charge in [0.1, 0.15) is 0 Å². The predicted octanol–water partition coefficient (Wildman–Crippen LogP) is 11.5. The first-order valence-corrected chi connectivity index (χ1v) is 16.1. The van der Waals surface area contributed by atoms with Crippen LogP contribution in [0, 0.1) is 0 Å². The molecule has 48 heavy (non-hydrogen) atoms. The van der Waals surface area contributed by atoms with Crippen molar-refractivity contribution in [3.8, 4) is 78.7 Å². The molecule has 0 N–H and O–H groups in total. The maximum atomic E-state index is 5.05. The molecular formula is C45H31N3. The van der Waals surface area contributed by atoms with Gasteiger partial charge in [0.15, 0.2) is 17.5 Å². The molecule has 0 radical (unpaired) electrons. The Kier molecular flexibility index (Phi) is 7.92. The maximum Gasteiger partial charge on any atom is 0.164 e. The van der Waals surface area contributed by atoms with E-state index in [4.69, 9.17) is 15.0 Å². The standard InChI is InChI=1S/C45H31N3/c1-4-15-32(16-5-1)33-27-29-36(30-28-33)44-46-43(35-19-8-3-9-20-35)47-45(48-44)38-22-14-21-37(31-38)40-24-11-13-26-42(40)41-25-12-10-23-39(41)34-17-6-2-7-18-34/h1-31H. The van der Waals surface area contributed by atoms with Gasteiger partial charge in [0.2, 0.25) is 0 Å². The molecular weight excluding hydrogens is 583 g/mol. The van der Waals surface area contributed by atoms with E-state index in [0.29, 0.717) is 17.5 Å². The van der Waals surface area contributed by atoms with Crippen molar-refractivity contribution in [1.29, 1.82) is 0 Å². The van der Waals surface area contributed by atoms with E-state index in [1.165, 1.54) is 27.8 Å². The van der Waals surface area contributed by atoms with Gasteiger partial charge in [-0.05, 0) is 50.6 Å². The Balaban J connectivity index is 1.23. The summed E-state index contributed by atoms with van der Waals surface area (Å²) in [4.78, 5) is 15.0. The van der Waals surface area contributed by atoms with Gasteiger partial charge in [0, 0.05) is 16.7 Å². The third-order valence-electron chi connectivity index (χ3n) is 8.58. The molecule has 0 bridgehead atoms. The van der Waals surface area contributed by atoms with Crippen molar-refractivity contribution in [3.05, 3.63) is 188 Å². The highest BCUT2D eigenvalue weighted by atomic mass is 15.0. The van der Waals surface area contributed by atoms with Crippen molar-refractivity contribution in [2.24, 2.45) is 0 Å². The van der Waals surface area contributed by atoms with Crippen LogP contribution in [0.25, 0.3) is 78.7 Å². The minimum atomic E-state index is 0.634. The largest absolute Gasteiger partial charge is 0.208 e. The van der Waals surface area contributed by atoms with Crippen LogP contribution in [0.1, 0.15) is 0 Å². The molecule has 0 spiro atoms. The third-order valence-corrected chi connectivity index (χ3v) is 8.58. The third kappa shape index (κ3) is 5.93. The monoisotopic (exact) mass is 613 g/mol. The Bertz CT molecular complexity index is 2310. The van der Waals surface area contributed by atoms with E-state index in [0.717, 1.165) is 33.4 Å².